The standard InChI is InChI=1S/C20H35N5O2/c1-16(2)13-22-5-7-24(8-6-22)15-20(26)25-11-9-23(10-12-25)14-19-17(3)21-27-18(19)4/h16H,5-15H2,1-4H3. The lowest BCUT2D eigenvalue weighted by Crippen LogP contribution is -2.53. The maximum atomic E-state index is 12.7. The number of hydrogen-bond donors (Lipinski definition) is 0. The second-order valence-electron chi connectivity index (χ2n) is 8.43. The topological polar surface area (TPSA) is 56.1 Å². The van der Waals surface area contributed by atoms with Gasteiger partial charge in [-0.05, 0) is 19.8 Å². The number of piperazine rings is 2. The highest BCUT2D eigenvalue weighted by Gasteiger charge is 2.25. The lowest BCUT2D eigenvalue weighted by molar-refractivity contribution is -0.134. The average molecular weight is 378 g/mol. The molecule has 2 aliphatic rings. The van der Waals surface area contributed by atoms with Crippen molar-refractivity contribution in [2.45, 2.75) is 34.2 Å². The minimum atomic E-state index is 0.282. The quantitative estimate of drug-likeness (QED) is 0.743. The molecule has 0 saturated carbocycles. The summed E-state index contributed by atoms with van der Waals surface area (Å²) >= 11 is 0. The second-order valence-corrected chi connectivity index (χ2v) is 8.43. The van der Waals surface area contributed by atoms with Gasteiger partial charge in [0.15, 0.2) is 0 Å². The third kappa shape index (κ3) is 5.53. The predicted octanol–water partition coefficient (Wildman–Crippen LogP) is 1.21. The summed E-state index contributed by atoms with van der Waals surface area (Å²) in [5.41, 5.74) is 2.16. The smallest absolute Gasteiger partial charge is 0.236 e. The van der Waals surface area contributed by atoms with Crippen LogP contribution in [0.4, 0.5) is 0 Å². The molecular formula is C20H35N5O2. The van der Waals surface area contributed by atoms with Crippen LogP contribution in [0.3, 0.4) is 0 Å². The Hall–Kier alpha value is -1.44. The molecule has 27 heavy (non-hydrogen) atoms. The van der Waals surface area contributed by atoms with Gasteiger partial charge in [-0.25, -0.2) is 0 Å². The molecule has 2 aliphatic heterocycles. The van der Waals surface area contributed by atoms with Crippen molar-refractivity contribution >= 4 is 5.91 Å². The number of hydrogen-bond acceptors (Lipinski definition) is 6. The summed E-state index contributed by atoms with van der Waals surface area (Å²) in [7, 11) is 0. The van der Waals surface area contributed by atoms with E-state index in [1.807, 2.05) is 18.7 Å². The number of carbonyl (C=O) groups is 1. The zero-order valence-corrected chi connectivity index (χ0v) is 17.4. The molecular weight excluding hydrogens is 342 g/mol. The van der Waals surface area contributed by atoms with E-state index in [0.717, 1.165) is 76.9 Å². The Labute approximate surface area is 163 Å². The van der Waals surface area contributed by atoms with Crippen molar-refractivity contribution in [2.24, 2.45) is 5.92 Å². The molecule has 3 heterocycles. The third-order valence-electron chi connectivity index (χ3n) is 5.74. The summed E-state index contributed by atoms with van der Waals surface area (Å²) in [4.78, 5) is 21.9. The Bertz CT molecular complexity index is 594. The van der Waals surface area contributed by atoms with Gasteiger partial charge >= 0.3 is 0 Å². The molecule has 0 aromatic carbocycles. The van der Waals surface area contributed by atoms with Crippen LogP contribution in [0.1, 0.15) is 30.9 Å². The van der Waals surface area contributed by atoms with Gasteiger partial charge in [0.2, 0.25) is 5.91 Å². The summed E-state index contributed by atoms with van der Waals surface area (Å²) in [5.74, 6) is 1.90. The van der Waals surface area contributed by atoms with Crippen LogP contribution >= 0.6 is 0 Å². The molecule has 0 radical (unpaired) electrons. The van der Waals surface area contributed by atoms with Crippen molar-refractivity contribution < 1.29 is 9.32 Å². The number of carbonyl (C=O) groups excluding carboxylic acids is 1. The van der Waals surface area contributed by atoms with Crippen molar-refractivity contribution in [2.75, 3.05) is 65.4 Å². The number of nitrogens with zero attached hydrogens (tertiary/aromatic N) is 5. The van der Waals surface area contributed by atoms with Gasteiger partial charge in [0, 0.05) is 71.0 Å². The highest BCUT2D eigenvalue weighted by Crippen LogP contribution is 2.16. The van der Waals surface area contributed by atoms with Crippen molar-refractivity contribution in [1.82, 2.24) is 24.8 Å². The largest absolute Gasteiger partial charge is 0.361 e. The first-order valence-electron chi connectivity index (χ1n) is 10.3. The van der Waals surface area contributed by atoms with Crippen LogP contribution in [0.5, 0.6) is 0 Å². The molecule has 7 heteroatoms. The molecule has 0 atom stereocenters. The van der Waals surface area contributed by atoms with Gasteiger partial charge in [-0.3, -0.25) is 14.6 Å². The van der Waals surface area contributed by atoms with E-state index in [9.17, 15) is 4.79 Å². The van der Waals surface area contributed by atoms with E-state index in [2.05, 4.69) is 33.7 Å². The van der Waals surface area contributed by atoms with Crippen LogP contribution in [0.15, 0.2) is 4.52 Å². The number of aromatic nitrogens is 1. The number of amides is 1. The summed E-state index contributed by atoms with van der Waals surface area (Å²) in [6.45, 7) is 18.7. The summed E-state index contributed by atoms with van der Waals surface area (Å²) in [5, 5.41) is 4.04. The van der Waals surface area contributed by atoms with E-state index in [0.29, 0.717) is 12.5 Å². The van der Waals surface area contributed by atoms with Crippen LogP contribution in [-0.2, 0) is 11.3 Å². The Kier molecular flexibility index (Phi) is 6.89. The van der Waals surface area contributed by atoms with Gasteiger partial charge in [0.05, 0.1) is 12.2 Å². The highest BCUT2D eigenvalue weighted by atomic mass is 16.5. The van der Waals surface area contributed by atoms with Gasteiger partial charge < -0.3 is 14.3 Å². The average Bonchev–Trinajstić information content (AvgIpc) is 2.95. The maximum Gasteiger partial charge on any atom is 0.236 e. The SMILES string of the molecule is Cc1noc(C)c1CN1CCN(C(=O)CN2CCN(CC(C)C)CC2)CC1. The van der Waals surface area contributed by atoms with Gasteiger partial charge in [-0.2, -0.15) is 0 Å². The zero-order chi connectivity index (χ0) is 19.4. The summed E-state index contributed by atoms with van der Waals surface area (Å²) < 4.78 is 5.26. The van der Waals surface area contributed by atoms with Crippen molar-refractivity contribution in [3.63, 3.8) is 0 Å². The first-order chi connectivity index (χ1) is 12.9. The minimum absolute atomic E-state index is 0.282. The fraction of sp³-hybridized carbons (Fsp3) is 0.800. The summed E-state index contributed by atoms with van der Waals surface area (Å²) in [6, 6.07) is 0. The van der Waals surface area contributed by atoms with Crippen molar-refractivity contribution in [3.05, 3.63) is 17.0 Å². The Morgan fingerprint density at radius 1 is 0.963 bits per heavy atom. The molecule has 1 aromatic heterocycles. The molecule has 2 fully saturated rings. The minimum Gasteiger partial charge on any atom is -0.361 e. The fourth-order valence-corrected chi connectivity index (χ4v) is 4.04. The molecule has 0 spiro atoms. The third-order valence-corrected chi connectivity index (χ3v) is 5.74. The molecule has 0 unspecified atom stereocenters. The lowest BCUT2D eigenvalue weighted by atomic mass is 10.1. The Morgan fingerprint density at radius 3 is 2.11 bits per heavy atom. The van der Waals surface area contributed by atoms with Crippen molar-refractivity contribution in [1.29, 1.82) is 0 Å². The molecule has 2 saturated heterocycles. The van der Waals surface area contributed by atoms with Crippen LogP contribution in [0, 0.1) is 19.8 Å². The molecule has 3 rings (SSSR count). The van der Waals surface area contributed by atoms with Gasteiger partial charge in [0.1, 0.15) is 5.76 Å². The fourth-order valence-electron chi connectivity index (χ4n) is 4.04. The lowest BCUT2D eigenvalue weighted by Gasteiger charge is -2.38. The van der Waals surface area contributed by atoms with Crippen LogP contribution < -0.4 is 0 Å². The predicted molar refractivity (Wildman–Crippen MR) is 106 cm³/mol. The Balaban J connectivity index is 1.39. The van der Waals surface area contributed by atoms with Gasteiger partial charge in [-0.1, -0.05) is 19.0 Å². The summed E-state index contributed by atoms with van der Waals surface area (Å²) in [6.07, 6.45) is 0. The molecule has 152 valence electrons. The van der Waals surface area contributed by atoms with Gasteiger partial charge in [-0.15, -0.1) is 0 Å². The first kappa shape index (κ1) is 20.3. The van der Waals surface area contributed by atoms with Crippen LogP contribution in [0.2, 0.25) is 0 Å². The molecule has 1 amide bonds. The molecule has 1 aromatic rings. The first-order valence-corrected chi connectivity index (χ1v) is 10.3. The molecule has 0 aliphatic carbocycles. The van der Waals surface area contributed by atoms with Crippen LogP contribution in [-0.4, -0.2) is 96.1 Å². The highest BCUT2D eigenvalue weighted by molar-refractivity contribution is 5.78. The Morgan fingerprint density at radius 2 is 1.56 bits per heavy atom. The molecule has 7 nitrogen and oxygen atoms in total. The van der Waals surface area contributed by atoms with E-state index < -0.39 is 0 Å². The molecule has 0 N–H and O–H groups in total. The molecule has 0 bridgehead atoms. The second kappa shape index (κ2) is 9.17. The van der Waals surface area contributed by atoms with E-state index >= 15 is 0 Å². The van der Waals surface area contributed by atoms with E-state index in [4.69, 9.17) is 4.52 Å². The number of aryl methyl sites for hydroxylation is 2. The van der Waals surface area contributed by atoms with E-state index in [-0.39, 0.29) is 5.91 Å². The normalized spacial score (nSPS) is 20.6. The van der Waals surface area contributed by atoms with Crippen molar-refractivity contribution in [3.8, 4) is 0 Å². The number of rotatable bonds is 6. The monoisotopic (exact) mass is 377 g/mol. The van der Waals surface area contributed by atoms with E-state index in [1.165, 1.54) is 5.56 Å². The van der Waals surface area contributed by atoms with E-state index in [1.54, 1.807) is 0 Å². The van der Waals surface area contributed by atoms with Gasteiger partial charge in [0.25, 0.3) is 0 Å². The zero-order valence-electron chi connectivity index (χ0n) is 17.4. The maximum absolute atomic E-state index is 12.7. The van der Waals surface area contributed by atoms with Crippen LogP contribution in [0.25, 0.3) is 0 Å².